The molecule has 0 radical (unpaired) electrons. The fourth-order valence-electron chi connectivity index (χ4n) is 1.65. The molecule has 1 aliphatic heterocycles. The maximum atomic E-state index is 9.56. The van der Waals surface area contributed by atoms with Gasteiger partial charge in [0, 0.05) is 30.0 Å². The van der Waals surface area contributed by atoms with Crippen molar-refractivity contribution in [2.24, 2.45) is 0 Å². The van der Waals surface area contributed by atoms with E-state index in [1.165, 1.54) is 18.2 Å². The first kappa shape index (κ1) is 10.6. The Hall–Kier alpha value is -0.870. The van der Waals surface area contributed by atoms with Crippen LogP contribution in [0.3, 0.4) is 0 Å². The molecule has 3 nitrogen and oxygen atoms in total. The average Bonchev–Trinajstić information content (AvgIpc) is 2.69. The van der Waals surface area contributed by atoms with Crippen LogP contribution in [0.2, 0.25) is 0 Å². The molecule has 2 rings (SSSR count). The molecule has 0 bridgehead atoms. The van der Waals surface area contributed by atoms with E-state index < -0.39 is 0 Å². The van der Waals surface area contributed by atoms with Gasteiger partial charge in [0.1, 0.15) is 11.5 Å². The zero-order valence-electron chi connectivity index (χ0n) is 8.44. The van der Waals surface area contributed by atoms with Crippen LogP contribution in [-0.4, -0.2) is 27.8 Å². The van der Waals surface area contributed by atoms with Gasteiger partial charge < -0.3 is 15.5 Å². The molecule has 1 aromatic carbocycles. The lowest BCUT2D eigenvalue weighted by atomic mass is 10.1. The highest BCUT2D eigenvalue weighted by atomic mass is 32.2. The Kier molecular flexibility index (Phi) is 3.38. The molecular weight excluding hydrogens is 210 g/mol. The largest absolute Gasteiger partial charge is 0.508 e. The predicted octanol–water partition coefficient (Wildman–Crippen LogP) is 1.69. The highest BCUT2D eigenvalue weighted by Crippen LogP contribution is 2.23. The number of hydrogen-bond acceptors (Lipinski definition) is 4. The molecule has 1 heterocycles. The van der Waals surface area contributed by atoms with Crippen molar-refractivity contribution in [2.45, 2.75) is 19.0 Å². The third-order valence-electron chi connectivity index (χ3n) is 2.58. The monoisotopic (exact) mass is 225 g/mol. The van der Waals surface area contributed by atoms with E-state index in [4.69, 9.17) is 5.11 Å². The van der Waals surface area contributed by atoms with Crippen molar-refractivity contribution in [2.75, 3.05) is 11.5 Å². The van der Waals surface area contributed by atoms with Gasteiger partial charge in [0.05, 0.1) is 0 Å². The fourth-order valence-corrected chi connectivity index (χ4v) is 2.84. The lowest BCUT2D eigenvalue weighted by Gasteiger charge is -2.12. The van der Waals surface area contributed by atoms with E-state index in [9.17, 15) is 5.11 Å². The molecule has 0 aliphatic carbocycles. The Labute approximate surface area is 93.5 Å². The molecule has 1 saturated heterocycles. The molecule has 3 N–H and O–H groups in total. The molecular formula is C11H15NO2S. The van der Waals surface area contributed by atoms with Gasteiger partial charge in [0.2, 0.25) is 0 Å². The molecule has 0 spiro atoms. The summed E-state index contributed by atoms with van der Waals surface area (Å²) in [6.07, 6.45) is 1.20. The van der Waals surface area contributed by atoms with Crippen molar-refractivity contribution in [1.29, 1.82) is 0 Å². The van der Waals surface area contributed by atoms with Crippen LogP contribution in [0.25, 0.3) is 0 Å². The molecule has 1 atom stereocenters. The molecule has 1 fully saturated rings. The third kappa shape index (κ3) is 2.79. The Morgan fingerprint density at radius 3 is 2.93 bits per heavy atom. The number of thioether (sulfide) groups is 1. The lowest BCUT2D eigenvalue weighted by molar-refractivity contribution is 0.441. The van der Waals surface area contributed by atoms with Gasteiger partial charge in [-0.05, 0) is 18.2 Å². The first-order valence-electron chi connectivity index (χ1n) is 5.07. The average molecular weight is 225 g/mol. The number of phenolic OH excluding ortho intramolecular Hbond substituents is 2. The molecule has 82 valence electrons. The molecule has 15 heavy (non-hydrogen) atoms. The number of benzene rings is 1. The van der Waals surface area contributed by atoms with Gasteiger partial charge in [0.15, 0.2) is 0 Å². The normalized spacial score (nSPS) is 20.7. The fraction of sp³-hybridized carbons (Fsp3) is 0.455. The van der Waals surface area contributed by atoms with Crippen molar-refractivity contribution in [3.63, 3.8) is 0 Å². The number of rotatable bonds is 3. The molecule has 1 aromatic rings. The number of hydrogen-bond donors (Lipinski definition) is 3. The van der Waals surface area contributed by atoms with E-state index in [0.717, 1.165) is 11.3 Å². The highest BCUT2D eigenvalue weighted by Gasteiger charge is 2.14. The van der Waals surface area contributed by atoms with E-state index in [1.807, 2.05) is 11.8 Å². The van der Waals surface area contributed by atoms with Crippen molar-refractivity contribution in [3.05, 3.63) is 23.8 Å². The molecule has 0 amide bonds. The summed E-state index contributed by atoms with van der Waals surface area (Å²) in [4.78, 5) is 0. The summed E-state index contributed by atoms with van der Waals surface area (Å²) in [6, 6.07) is 5.28. The van der Waals surface area contributed by atoms with E-state index in [1.54, 1.807) is 12.1 Å². The summed E-state index contributed by atoms with van der Waals surface area (Å²) in [5, 5.41) is 22.1. The van der Waals surface area contributed by atoms with Gasteiger partial charge in [0.25, 0.3) is 0 Å². The van der Waals surface area contributed by atoms with Gasteiger partial charge in [-0.3, -0.25) is 0 Å². The summed E-state index contributed by atoms with van der Waals surface area (Å²) in [6.45, 7) is 0.664. The van der Waals surface area contributed by atoms with E-state index in [-0.39, 0.29) is 11.5 Å². The molecule has 0 aromatic heterocycles. The standard InChI is InChI=1S/C11H15NO2S/c13-10-2-1-8(11(14)5-10)6-12-9-3-4-15-7-9/h1-2,5,9,12-14H,3-4,6-7H2. The molecule has 4 heteroatoms. The van der Waals surface area contributed by atoms with Gasteiger partial charge >= 0.3 is 0 Å². The minimum atomic E-state index is 0.104. The number of aromatic hydroxyl groups is 2. The summed E-state index contributed by atoms with van der Waals surface area (Å²) in [5.41, 5.74) is 0.838. The van der Waals surface area contributed by atoms with Crippen LogP contribution in [0, 0.1) is 0 Å². The molecule has 0 saturated carbocycles. The van der Waals surface area contributed by atoms with Crippen LogP contribution in [0.5, 0.6) is 11.5 Å². The van der Waals surface area contributed by atoms with Crippen LogP contribution >= 0.6 is 11.8 Å². The van der Waals surface area contributed by atoms with Crippen molar-refractivity contribution in [3.8, 4) is 11.5 Å². The second-order valence-corrected chi connectivity index (χ2v) is 4.90. The first-order valence-corrected chi connectivity index (χ1v) is 6.23. The zero-order chi connectivity index (χ0) is 10.7. The van der Waals surface area contributed by atoms with Crippen LogP contribution in [0.4, 0.5) is 0 Å². The quantitative estimate of drug-likeness (QED) is 0.733. The second kappa shape index (κ2) is 4.77. The van der Waals surface area contributed by atoms with Gasteiger partial charge in [-0.25, -0.2) is 0 Å². The summed E-state index contributed by atoms with van der Waals surface area (Å²) in [7, 11) is 0. The molecule has 1 unspecified atom stereocenters. The lowest BCUT2D eigenvalue weighted by Crippen LogP contribution is -2.27. The van der Waals surface area contributed by atoms with E-state index >= 15 is 0 Å². The van der Waals surface area contributed by atoms with Crippen molar-refractivity contribution < 1.29 is 10.2 Å². The number of nitrogens with one attached hydrogen (secondary N) is 1. The predicted molar refractivity (Wildman–Crippen MR) is 62.3 cm³/mol. The Morgan fingerprint density at radius 1 is 1.40 bits per heavy atom. The third-order valence-corrected chi connectivity index (χ3v) is 3.74. The van der Waals surface area contributed by atoms with Crippen molar-refractivity contribution in [1.82, 2.24) is 5.32 Å². The van der Waals surface area contributed by atoms with Gasteiger partial charge in [-0.15, -0.1) is 0 Å². The zero-order valence-corrected chi connectivity index (χ0v) is 9.26. The summed E-state index contributed by atoms with van der Waals surface area (Å²) in [5.74, 6) is 2.64. The van der Waals surface area contributed by atoms with Crippen LogP contribution in [0.15, 0.2) is 18.2 Å². The van der Waals surface area contributed by atoms with Gasteiger partial charge in [-0.2, -0.15) is 11.8 Å². The van der Waals surface area contributed by atoms with Crippen LogP contribution in [-0.2, 0) is 6.54 Å². The van der Waals surface area contributed by atoms with E-state index in [0.29, 0.717) is 12.6 Å². The second-order valence-electron chi connectivity index (χ2n) is 3.75. The van der Waals surface area contributed by atoms with Gasteiger partial charge in [-0.1, -0.05) is 6.07 Å². The van der Waals surface area contributed by atoms with Crippen molar-refractivity contribution >= 4 is 11.8 Å². The minimum absolute atomic E-state index is 0.104. The first-order chi connectivity index (χ1) is 7.25. The Bertz CT molecular complexity index is 337. The summed E-state index contributed by atoms with van der Waals surface area (Å²) >= 11 is 1.96. The SMILES string of the molecule is Oc1ccc(CNC2CCSC2)c(O)c1. The maximum absolute atomic E-state index is 9.56. The topological polar surface area (TPSA) is 52.5 Å². The maximum Gasteiger partial charge on any atom is 0.123 e. The van der Waals surface area contributed by atoms with Crippen LogP contribution < -0.4 is 5.32 Å². The van der Waals surface area contributed by atoms with Crippen LogP contribution in [0.1, 0.15) is 12.0 Å². The Balaban J connectivity index is 1.92. The molecule has 1 aliphatic rings. The minimum Gasteiger partial charge on any atom is -0.508 e. The van der Waals surface area contributed by atoms with E-state index in [2.05, 4.69) is 5.32 Å². The smallest absolute Gasteiger partial charge is 0.123 e. The highest BCUT2D eigenvalue weighted by molar-refractivity contribution is 7.99. The summed E-state index contributed by atoms with van der Waals surface area (Å²) < 4.78 is 0. The number of phenols is 2. The Morgan fingerprint density at radius 2 is 2.27 bits per heavy atom.